The first-order valence-corrected chi connectivity index (χ1v) is 6.28. The van der Waals surface area contributed by atoms with Crippen molar-refractivity contribution in [3.8, 4) is 11.4 Å². The van der Waals surface area contributed by atoms with Gasteiger partial charge in [-0.2, -0.15) is 0 Å². The van der Waals surface area contributed by atoms with E-state index in [0.29, 0.717) is 17.3 Å². The number of anilines is 2. The van der Waals surface area contributed by atoms with Crippen LogP contribution in [0.25, 0.3) is 5.69 Å². The molecular formula is C14H18N4O3. The first kappa shape index (κ1) is 14.7. The summed E-state index contributed by atoms with van der Waals surface area (Å²) < 4.78 is 11.6. The van der Waals surface area contributed by atoms with E-state index in [1.165, 1.54) is 11.8 Å². The Balaban J connectivity index is 2.68. The second kappa shape index (κ2) is 5.74. The van der Waals surface area contributed by atoms with E-state index in [0.717, 1.165) is 0 Å². The molecule has 0 radical (unpaired) electrons. The summed E-state index contributed by atoms with van der Waals surface area (Å²) in [7, 11) is 6.43. The zero-order valence-electron chi connectivity index (χ0n) is 12.5. The Labute approximate surface area is 122 Å². The Bertz CT molecular complexity index is 664. The van der Waals surface area contributed by atoms with Crippen LogP contribution >= 0.6 is 0 Å². The summed E-state index contributed by atoms with van der Waals surface area (Å²) in [6.45, 7) is 0. The molecule has 7 heteroatoms. The summed E-state index contributed by atoms with van der Waals surface area (Å²) in [5, 5.41) is 4.39. The number of methoxy groups -OCH3 is 2. The number of aromatic nitrogens is 2. The van der Waals surface area contributed by atoms with Crippen molar-refractivity contribution in [3.63, 3.8) is 0 Å². The van der Waals surface area contributed by atoms with Gasteiger partial charge in [-0.15, -0.1) is 5.10 Å². The van der Waals surface area contributed by atoms with E-state index in [9.17, 15) is 4.79 Å². The number of hydrogen-bond donors (Lipinski definition) is 1. The number of nitrogen functional groups attached to an aromatic ring is 1. The molecule has 2 rings (SSSR count). The Kier molecular flexibility index (Phi) is 4.02. The van der Waals surface area contributed by atoms with Gasteiger partial charge in [-0.1, -0.05) is 12.1 Å². The number of carbonyl (C=O) groups excluding carboxylic acids is 1. The van der Waals surface area contributed by atoms with E-state index >= 15 is 0 Å². The molecule has 0 fully saturated rings. The molecule has 1 heterocycles. The fraction of sp³-hybridized carbons (Fsp3) is 0.286. The molecule has 7 nitrogen and oxygen atoms in total. The lowest BCUT2D eigenvalue weighted by Gasteiger charge is -2.10. The Morgan fingerprint density at radius 1 is 1.29 bits per heavy atom. The number of rotatable bonds is 4. The van der Waals surface area contributed by atoms with Crippen molar-refractivity contribution in [1.29, 1.82) is 0 Å². The van der Waals surface area contributed by atoms with Gasteiger partial charge in [0, 0.05) is 14.1 Å². The number of ether oxygens (including phenoxy) is 2. The van der Waals surface area contributed by atoms with Crippen LogP contribution < -0.4 is 15.4 Å². The Morgan fingerprint density at radius 2 is 1.95 bits per heavy atom. The minimum atomic E-state index is -0.530. The lowest BCUT2D eigenvalue weighted by Crippen LogP contribution is -2.14. The molecule has 1 aromatic heterocycles. The number of nitrogens with two attached hydrogens (primary N) is 1. The zero-order chi connectivity index (χ0) is 15.6. The normalized spacial score (nSPS) is 10.3. The van der Waals surface area contributed by atoms with Gasteiger partial charge in [0.25, 0.3) is 0 Å². The van der Waals surface area contributed by atoms with Gasteiger partial charge >= 0.3 is 5.97 Å². The molecule has 0 aliphatic rings. The van der Waals surface area contributed by atoms with Gasteiger partial charge < -0.3 is 20.1 Å². The predicted octanol–water partition coefficient (Wildman–Crippen LogP) is 1.32. The fourth-order valence-electron chi connectivity index (χ4n) is 2.02. The van der Waals surface area contributed by atoms with Crippen molar-refractivity contribution in [2.45, 2.75) is 0 Å². The topological polar surface area (TPSA) is 82.6 Å². The third kappa shape index (κ3) is 2.49. The maximum Gasteiger partial charge on any atom is 0.345 e. The summed E-state index contributed by atoms with van der Waals surface area (Å²) in [4.78, 5) is 13.6. The third-order valence-corrected chi connectivity index (χ3v) is 3.03. The second-order valence-electron chi connectivity index (χ2n) is 4.55. The number of carbonyl (C=O) groups is 1. The van der Waals surface area contributed by atoms with Crippen LogP contribution in [0.15, 0.2) is 24.3 Å². The first-order valence-electron chi connectivity index (χ1n) is 6.28. The van der Waals surface area contributed by atoms with Crippen molar-refractivity contribution in [3.05, 3.63) is 29.8 Å². The van der Waals surface area contributed by atoms with Crippen LogP contribution in [0.5, 0.6) is 5.75 Å². The number of para-hydroxylation sites is 2. The van der Waals surface area contributed by atoms with Crippen molar-refractivity contribution in [1.82, 2.24) is 9.78 Å². The smallest absolute Gasteiger partial charge is 0.345 e. The molecule has 1 aromatic carbocycles. The molecule has 21 heavy (non-hydrogen) atoms. The first-order chi connectivity index (χ1) is 10.0. The van der Waals surface area contributed by atoms with Crippen LogP contribution in [0.2, 0.25) is 0 Å². The summed E-state index contributed by atoms with van der Waals surface area (Å²) in [6, 6.07) is 7.29. The van der Waals surface area contributed by atoms with Crippen molar-refractivity contribution >= 4 is 17.6 Å². The molecule has 0 atom stereocenters. The van der Waals surface area contributed by atoms with Crippen molar-refractivity contribution in [2.24, 2.45) is 0 Å². The van der Waals surface area contributed by atoms with E-state index in [-0.39, 0.29) is 11.4 Å². The van der Waals surface area contributed by atoms with Gasteiger partial charge in [0.15, 0.2) is 5.82 Å². The molecule has 0 aliphatic heterocycles. The van der Waals surface area contributed by atoms with Crippen LogP contribution in [0, 0.1) is 0 Å². The van der Waals surface area contributed by atoms with Gasteiger partial charge in [-0.25, -0.2) is 9.48 Å². The molecular weight excluding hydrogens is 272 g/mol. The van der Waals surface area contributed by atoms with Gasteiger partial charge in [-0.3, -0.25) is 0 Å². The summed E-state index contributed by atoms with van der Waals surface area (Å²) in [6.07, 6.45) is 0. The van der Waals surface area contributed by atoms with E-state index in [4.69, 9.17) is 15.2 Å². The minimum Gasteiger partial charge on any atom is -0.494 e. The lowest BCUT2D eigenvalue weighted by atomic mass is 10.2. The van der Waals surface area contributed by atoms with E-state index in [2.05, 4.69) is 5.10 Å². The third-order valence-electron chi connectivity index (χ3n) is 3.03. The van der Waals surface area contributed by atoms with E-state index in [1.807, 2.05) is 18.2 Å². The molecule has 2 aromatic rings. The molecule has 0 unspecified atom stereocenters. The number of esters is 1. The fourth-order valence-corrected chi connectivity index (χ4v) is 2.02. The van der Waals surface area contributed by atoms with E-state index < -0.39 is 5.97 Å². The van der Waals surface area contributed by atoms with Crippen LogP contribution in [-0.4, -0.2) is 44.1 Å². The molecule has 0 saturated carbocycles. The molecule has 0 saturated heterocycles. The largest absolute Gasteiger partial charge is 0.494 e. The van der Waals surface area contributed by atoms with E-state index in [1.54, 1.807) is 32.2 Å². The standard InChI is InChI=1S/C14H18N4O3/c1-17(2)13-11(14(19)21-4)12(15)18(16-13)9-7-5-6-8-10(9)20-3/h5-8H,15H2,1-4H3. The van der Waals surface area contributed by atoms with Crippen LogP contribution in [-0.2, 0) is 4.74 Å². The highest BCUT2D eigenvalue weighted by atomic mass is 16.5. The average Bonchev–Trinajstić information content (AvgIpc) is 2.84. The van der Waals surface area contributed by atoms with Crippen molar-refractivity contribution < 1.29 is 14.3 Å². The van der Waals surface area contributed by atoms with Gasteiger partial charge in [-0.05, 0) is 12.1 Å². The monoisotopic (exact) mass is 290 g/mol. The average molecular weight is 290 g/mol. The maximum atomic E-state index is 11.9. The van der Waals surface area contributed by atoms with Crippen molar-refractivity contribution in [2.75, 3.05) is 38.9 Å². The molecule has 0 spiro atoms. The zero-order valence-corrected chi connectivity index (χ0v) is 12.5. The van der Waals surface area contributed by atoms with Gasteiger partial charge in [0.1, 0.15) is 22.8 Å². The van der Waals surface area contributed by atoms with Crippen LogP contribution in [0.1, 0.15) is 10.4 Å². The van der Waals surface area contributed by atoms with Crippen LogP contribution in [0.4, 0.5) is 11.6 Å². The number of nitrogens with zero attached hydrogens (tertiary/aromatic N) is 3. The Morgan fingerprint density at radius 3 is 2.52 bits per heavy atom. The molecule has 0 amide bonds. The molecule has 0 bridgehead atoms. The van der Waals surface area contributed by atoms with Gasteiger partial charge in [0.05, 0.1) is 14.2 Å². The highest BCUT2D eigenvalue weighted by molar-refractivity contribution is 6.00. The molecule has 2 N–H and O–H groups in total. The quantitative estimate of drug-likeness (QED) is 0.855. The molecule has 0 aliphatic carbocycles. The van der Waals surface area contributed by atoms with Crippen LogP contribution in [0.3, 0.4) is 0 Å². The lowest BCUT2D eigenvalue weighted by molar-refractivity contribution is 0.0602. The summed E-state index contributed by atoms with van der Waals surface area (Å²) in [5.74, 6) is 0.714. The second-order valence-corrected chi connectivity index (χ2v) is 4.55. The number of hydrogen-bond acceptors (Lipinski definition) is 6. The summed E-state index contributed by atoms with van der Waals surface area (Å²) in [5.41, 5.74) is 6.97. The maximum absolute atomic E-state index is 11.9. The summed E-state index contributed by atoms with van der Waals surface area (Å²) >= 11 is 0. The molecule has 112 valence electrons. The van der Waals surface area contributed by atoms with Gasteiger partial charge in [0.2, 0.25) is 0 Å². The Hall–Kier alpha value is -2.70. The predicted molar refractivity (Wildman–Crippen MR) is 80.2 cm³/mol. The number of benzene rings is 1. The SMILES string of the molecule is COC(=O)c1c(N(C)C)nn(-c2ccccc2OC)c1N. The minimum absolute atomic E-state index is 0.204. The highest BCUT2D eigenvalue weighted by Crippen LogP contribution is 2.31. The highest BCUT2D eigenvalue weighted by Gasteiger charge is 2.25.